The van der Waals surface area contributed by atoms with Crippen LogP contribution in [0.2, 0.25) is 0 Å². The molecule has 1 aromatic rings. The van der Waals surface area contributed by atoms with Gasteiger partial charge in [0.05, 0.1) is 11.0 Å². The van der Waals surface area contributed by atoms with Crippen molar-refractivity contribution in [1.29, 1.82) is 5.26 Å². The maximum absolute atomic E-state index is 12.5. The van der Waals surface area contributed by atoms with Gasteiger partial charge in [-0.05, 0) is 44.1 Å². The first-order valence-electron chi connectivity index (χ1n) is 9.05. The highest BCUT2D eigenvalue weighted by Gasteiger charge is 2.37. The summed E-state index contributed by atoms with van der Waals surface area (Å²) in [4.78, 5) is 25.3. The number of thiophene rings is 1. The van der Waals surface area contributed by atoms with Crippen LogP contribution in [0.1, 0.15) is 74.8 Å². The quantitative estimate of drug-likeness (QED) is 0.779. The molecule has 0 aromatic carbocycles. The largest absolute Gasteiger partial charge is 0.481 e. The van der Waals surface area contributed by atoms with Crippen LogP contribution in [-0.4, -0.2) is 17.0 Å². The number of carbonyl (C=O) groups excluding carboxylic acids is 1. The Hall–Kier alpha value is -1.87. The van der Waals surface area contributed by atoms with Crippen LogP contribution in [-0.2, 0) is 22.4 Å². The van der Waals surface area contributed by atoms with Crippen LogP contribution in [0, 0.1) is 16.7 Å². The van der Waals surface area contributed by atoms with Gasteiger partial charge in [0.15, 0.2) is 0 Å². The Balaban J connectivity index is 2.22. The van der Waals surface area contributed by atoms with Crippen molar-refractivity contribution >= 4 is 28.2 Å². The summed E-state index contributed by atoms with van der Waals surface area (Å²) in [7, 11) is 0. The zero-order valence-electron chi connectivity index (χ0n) is 15.0. The van der Waals surface area contributed by atoms with E-state index in [0.717, 1.165) is 31.2 Å². The summed E-state index contributed by atoms with van der Waals surface area (Å²) in [6.07, 6.45) is 7.13. The molecule has 0 spiro atoms. The molecule has 0 unspecified atom stereocenters. The SMILES string of the molecule is CCC(CC)(CC(=O)Nc1sc2c(c1C#N)CCCCCC2)C(=O)O. The van der Waals surface area contributed by atoms with Crippen molar-refractivity contribution in [3.8, 4) is 6.07 Å². The lowest BCUT2D eigenvalue weighted by atomic mass is 9.79. The summed E-state index contributed by atoms with van der Waals surface area (Å²) >= 11 is 1.49. The topological polar surface area (TPSA) is 90.2 Å². The molecule has 1 aromatic heterocycles. The number of rotatable bonds is 6. The number of fused-ring (bicyclic) bond motifs is 1. The van der Waals surface area contributed by atoms with Gasteiger partial charge in [0, 0.05) is 11.3 Å². The standard InChI is InChI=1S/C19H26N2O3S/c1-3-19(4-2,18(23)24)11-16(22)21-17-14(12-20)13-9-7-5-6-8-10-15(13)25-17/h3-11H2,1-2H3,(H,21,22)(H,23,24). The molecule has 0 saturated heterocycles. The fourth-order valence-electron chi connectivity index (χ4n) is 3.48. The minimum atomic E-state index is -1.04. The van der Waals surface area contributed by atoms with Gasteiger partial charge in [-0.1, -0.05) is 26.7 Å². The molecule has 2 N–H and O–H groups in total. The van der Waals surface area contributed by atoms with Gasteiger partial charge in [0.2, 0.25) is 5.91 Å². The van der Waals surface area contributed by atoms with Gasteiger partial charge in [0.1, 0.15) is 11.1 Å². The lowest BCUT2D eigenvalue weighted by molar-refractivity contribution is -0.151. The Labute approximate surface area is 153 Å². The average Bonchev–Trinajstić information content (AvgIpc) is 2.87. The van der Waals surface area contributed by atoms with E-state index in [-0.39, 0.29) is 12.3 Å². The Morgan fingerprint density at radius 1 is 1.20 bits per heavy atom. The molecule has 0 aliphatic heterocycles. The molecule has 5 nitrogen and oxygen atoms in total. The summed E-state index contributed by atoms with van der Waals surface area (Å²) in [5.74, 6) is -1.26. The molecule has 25 heavy (non-hydrogen) atoms. The Bertz CT molecular complexity index is 684. The van der Waals surface area contributed by atoms with Crippen LogP contribution in [0.25, 0.3) is 0 Å². The van der Waals surface area contributed by atoms with Crippen molar-refractivity contribution in [3.63, 3.8) is 0 Å². The molecular formula is C19H26N2O3S. The maximum Gasteiger partial charge on any atom is 0.310 e. The molecule has 1 aliphatic carbocycles. The number of hydrogen-bond acceptors (Lipinski definition) is 4. The van der Waals surface area contributed by atoms with Crippen molar-refractivity contribution < 1.29 is 14.7 Å². The number of aryl methyl sites for hydroxylation is 1. The van der Waals surface area contributed by atoms with Crippen LogP contribution in [0.4, 0.5) is 5.00 Å². The van der Waals surface area contributed by atoms with Gasteiger partial charge in [-0.15, -0.1) is 11.3 Å². The molecule has 6 heteroatoms. The van der Waals surface area contributed by atoms with Crippen LogP contribution >= 0.6 is 11.3 Å². The number of nitrogens with zero attached hydrogens (tertiary/aromatic N) is 1. The maximum atomic E-state index is 12.5. The van der Waals surface area contributed by atoms with Gasteiger partial charge < -0.3 is 10.4 Å². The van der Waals surface area contributed by atoms with E-state index < -0.39 is 11.4 Å². The van der Waals surface area contributed by atoms with Crippen molar-refractivity contribution in [1.82, 2.24) is 0 Å². The third-order valence-corrected chi connectivity index (χ3v) is 6.55. The first-order valence-corrected chi connectivity index (χ1v) is 9.87. The zero-order chi connectivity index (χ0) is 18.4. The third-order valence-electron chi connectivity index (χ3n) is 5.34. The highest BCUT2D eigenvalue weighted by atomic mass is 32.1. The summed E-state index contributed by atoms with van der Waals surface area (Å²) in [6.45, 7) is 3.59. The van der Waals surface area contributed by atoms with Gasteiger partial charge in [0.25, 0.3) is 0 Å². The first kappa shape index (κ1) is 19.5. The van der Waals surface area contributed by atoms with Crippen LogP contribution < -0.4 is 5.32 Å². The second-order valence-corrected chi connectivity index (χ2v) is 7.86. The molecule has 0 saturated carbocycles. The number of hydrogen-bond donors (Lipinski definition) is 2. The van der Waals surface area contributed by atoms with Gasteiger partial charge >= 0.3 is 5.97 Å². The monoisotopic (exact) mass is 362 g/mol. The van der Waals surface area contributed by atoms with Crippen molar-refractivity contribution in [3.05, 3.63) is 16.0 Å². The molecule has 1 amide bonds. The summed E-state index contributed by atoms with van der Waals surface area (Å²) in [5.41, 5.74) is 0.616. The van der Waals surface area contributed by atoms with Crippen LogP contribution in [0.5, 0.6) is 0 Å². The summed E-state index contributed by atoms with van der Waals surface area (Å²) in [6, 6.07) is 2.25. The number of carboxylic acids is 1. The Morgan fingerprint density at radius 3 is 2.40 bits per heavy atom. The summed E-state index contributed by atoms with van der Waals surface area (Å²) in [5, 5.41) is 22.5. The normalized spacial score (nSPS) is 14.8. The molecule has 0 bridgehead atoms. The highest BCUT2D eigenvalue weighted by molar-refractivity contribution is 7.16. The van der Waals surface area contributed by atoms with E-state index >= 15 is 0 Å². The van der Waals surface area contributed by atoms with E-state index in [9.17, 15) is 20.0 Å². The summed E-state index contributed by atoms with van der Waals surface area (Å²) < 4.78 is 0. The van der Waals surface area contributed by atoms with E-state index in [4.69, 9.17) is 0 Å². The number of amides is 1. The molecule has 2 rings (SSSR count). The van der Waals surface area contributed by atoms with Crippen LogP contribution in [0.3, 0.4) is 0 Å². The lowest BCUT2D eigenvalue weighted by Gasteiger charge is -2.25. The molecule has 136 valence electrons. The number of aliphatic carboxylic acids is 1. The Morgan fingerprint density at radius 2 is 1.84 bits per heavy atom. The fourth-order valence-corrected chi connectivity index (χ4v) is 4.74. The third kappa shape index (κ3) is 4.21. The van der Waals surface area contributed by atoms with E-state index in [1.54, 1.807) is 13.8 Å². The number of carbonyl (C=O) groups is 2. The number of carboxylic acid groups (broad SMARTS) is 1. The van der Waals surface area contributed by atoms with Gasteiger partial charge in [-0.3, -0.25) is 9.59 Å². The van der Waals surface area contributed by atoms with E-state index in [2.05, 4.69) is 11.4 Å². The van der Waals surface area contributed by atoms with Gasteiger partial charge in [-0.25, -0.2) is 0 Å². The van der Waals surface area contributed by atoms with Crippen molar-refractivity contribution in [2.24, 2.45) is 5.41 Å². The molecule has 1 heterocycles. The molecule has 1 aliphatic rings. The van der Waals surface area contributed by atoms with Crippen LogP contribution in [0.15, 0.2) is 0 Å². The number of nitrogens with one attached hydrogen (secondary N) is 1. The minimum absolute atomic E-state index is 0.0667. The fraction of sp³-hybridized carbons (Fsp3) is 0.632. The van der Waals surface area contributed by atoms with Crippen molar-refractivity contribution in [2.75, 3.05) is 5.32 Å². The van der Waals surface area contributed by atoms with Gasteiger partial charge in [-0.2, -0.15) is 5.26 Å². The van der Waals surface area contributed by atoms with Crippen molar-refractivity contribution in [2.45, 2.75) is 71.6 Å². The average molecular weight is 362 g/mol. The van der Waals surface area contributed by atoms with E-state index in [1.807, 2.05) is 0 Å². The Kier molecular flexibility index (Phi) is 6.60. The smallest absolute Gasteiger partial charge is 0.310 e. The predicted molar refractivity (Wildman–Crippen MR) is 98.8 cm³/mol. The molecule has 0 fully saturated rings. The van der Waals surface area contributed by atoms with E-state index in [0.29, 0.717) is 23.4 Å². The molecule has 0 atom stereocenters. The minimum Gasteiger partial charge on any atom is -0.481 e. The molecular weight excluding hydrogens is 336 g/mol. The van der Waals surface area contributed by atoms with E-state index in [1.165, 1.54) is 29.1 Å². The number of anilines is 1. The molecule has 0 radical (unpaired) electrons. The second-order valence-electron chi connectivity index (χ2n) is 6.75. The zero-order valence-corrected chi connectivity index (χ0v) is 15.8. The highest BCUT2D eigenvalue weighted by Crippen LogP contribution is 2.37. The predicted octanol–water partition coefficient (Wildman–Crippen LogP) is 4.50. The second kappa shape index (κ2) is 8.48. The lowest BCUT2D eigenvalue weighted by Crippen LogP contribution is -2.34. The number of nitriles is 1. The first-order chi connectivity index (χ1) is 12.0.